The van der Waals surface area contributed by atoms with Crippen molar-refractivity contribution in [1.29, 1.82) is 0 Å². The Morgan fingerprint density at radius 1 is 1.27 bits per heavy atom. The van der Waals surface area contributed by atoms with Gasteiger partial charge in [-0.2, -0.15) is 10.1 Å². The molecule has 37 heavy (non-hydrogen) atoms. The van der Waals surface area contributed by atoms with E-state index in [0.29, 0.717) is 35.7 Å². The average molecular weight is 518 g/mol. The second-order valence-corrected chi connectivity index (χ2v) is 9.14. The number of carbonyl (C=O) groups is 1. The van der Waals surface area contributed by atoms with Gasteiger partial charge in [0.15, 0.2) is 18.2 Å². The Labute approximate surface area is 212 Å². The number of aliphatic carboxylic acids is 1. The molecule has 3 aromatic heterocycles. The molecule has 0 amide bonds. The molecule has 2 N–H and O–H groups in total. The monoisotopic (exact) mass is 517 g/mol. The maximum absolute atomic E-state index is 13.1. The van der Waals surface area contributed by atoms with E-state index in [-0.39, 0.29) is 24.5 Å². The van der Waals surface area contributed by atoms with Crippen LogP contribution in [0, 0.1) is 12.8 Å². The van der Waals surface area contributed by atoms with Gasteiger partial charge in [0.05, 0.1) is 47.9 Å². The second kappa shape index (κ2) is 11.0. The first-order valence-electron chi connectivity index (χ1n) is 11.9. The average Bonchev–Trinajstić information content (AvgIpc) is 3.23. The number of carboxylic acids is 1. The Morgan fingerprint density at radius 2 is 2.08 bits per heavy atom. The van der Waals surface area contributed by atoms with Crippen molar-refractivity contribution in [2.75, 3.05) is 11.9 Å². The van der Waals surface area contributed by atoms with Gasteiger partial charge in [0, 0.05) is 26.2 Å². The van der Waals surface area contributed by atoms with E-state index in [2.05, 4.69) is 30.4 Å². The first-order chi connectivity index (χ1) is 17.6. The number of nitrogens with zero attached hydrogens (tertiary/aromatic N) is 6. The molecule has 3 aromatic rings. The minimum atomic E-state index is -2.97. The van der Waals surface area contributed by atoms with Crippen molar-refractivity contribution in [3.05, 3.63) is 36.0 Å². The van der Waals surface area contributed by atoms with Gasteiger partial charge in [0.1, 0.15) is 0 Å². The predicted octanol–water partition coefficient (Wildman–Crippen LogP) is 3.64. The quantitative estimate of drug-likeness (QED) is 0.410. The summed E-state index contributed by atoms with van der Waals surface area (Å²) in [6.45, 7) is 2.06. The van der Waals surface area contributed by atoms with Crippen molar-refractivity contribution in [2.24, 2.45) is 13.0 Å². The lowest BCUT2D eigenvalue weighted by Gasteiger charge is -2.27. The molecule has 1 aliphatic rings. The highest BCUT2D eigenvalue weighted by molar-refractivity contribution is 5.70. The summed E-state index contributed by atoms with van der Waals surface area (Å²) in [6.07, 6.45) is 7.19. The number of aryl methyl sites for hydroxylation is 2. The number of nitrogens with one attached hydrogen (secondary N) is 1. The summed E-state index contributed by atoms with van der Waals surface area (Å²) in [7, 11) is 1.77. The fourth-order valence-electron chi connectivity index (χ4n) is 4.09. The minimum absolute atomic E-state index is 0.0337. The molecule has 0 unspecified atom stereocenters. The van der Waals surface area contributed by atoms with Gasteiger partial charge < -0.3 is 19.9 Å². The number of hydrogen-bond acceptors (Lipinski definition) is 9. The zero-order valence-electron chi connectivity index (χ0n) is 20.8. The van der Waals surface area contributed by atoms with E-state index >= 15 is 0 Å². The van der Waals surface area contributed by atoms with Gasteiger partial charge >= 0.3 is 5.97 Å². The van der Waals surface area contributed by atoms with Crippen LogP contribution in [0.3, 0.4) is 0 Å². The molecule has 11 nitrogen and oxygen atoms in total. The summed E-state index contributed by atoms with van der Waals surface area (Å²) in [6, 6.07) is 1.40. The summed E-state index contributed by atoms with van der Waals surface area (Å²) in [4.78, 5) is 28.6. The summed E-state index contributed by atoms with van der Waals surface area (Å²) in [5.74, 6) is -2.95. The lowest BCUT2D eigenvalue weighted by Crippen LogP contribution is -2.29. The third-order valence-electron chi connectivity index (χ3n) is 6.02. The summed E-state index contributed by atoms with van der Waals surface area (Å²) >= 11 is 0. The van der Waals surface area contributed by atoms with E-state index in [1.165, 1.54) is 12.3 Å². The molecule has 3 heterocycles. The van der Waals surface area contributed by atoms with E-state index in [1.807, 2.05) is 6.92 Å². The van der Waals surface area contributed by atoms with Crippen molar-refractivity contribution in [3.8, 4) is 23.0 Å². The first kappa shape index (κ1) is 26.2. The molecular formula is C24H29F2N7O4. The third kappa shape index (κ3) is 6.86. The minimum Gasteiger partial charge on any atom is -0.487 e. The molecule has 0 saturated heterocycles. The lowest BCUT2D eigenvalue weighted by molar-refractivity contribution is -0.143. The number of hydrogen-bond donors (Lipinski definition) is 2. The SMILES string of the molecule is Cc1nc(-c2cnn(C)c2CNc2nccc(OCC(C)(F)F)n2)ncc1O[C@H]1CCC[C@H](C(=O)O)C1. The van der Waals surface area contributed by atoms with Crippen LogP contribution in [-0.2, 0) is 18.4 Å². The Kier molecular flexibility index (Phi) is 7.79. The van der Waals surface area contributed by atoms with Crippen molar-refractivity contribution < 1.29 is 28.2 Å². The Morgan fingerprint density at radius 3 is 2.81 bits per heavy atom. The van der Waals surface area contributed by atoms with E-state index in [1.54, 1.807) is 24.1 Å². The maximum Gasteiger partial charge on any atom is 0.306 e. The van der Waals surface area contributed by atoms with Crippen LogP contribution in [0.15, 0.2) is 24.7 Å². The molecule has 0 aromatic carbocycles. The molecule has 0 aliphatic heterocycles. The number of aromatic nitrogens is 6. The molecule has 13 heteroatoms. The van der Waals surface area contributed by atoms with Gasteiger partial charge in [-0.1, -0.05) is 0 Å². The molecule has 0 bridgehead atoms. The lowest BCUT2D eigenvalue weighted by atomic mass is 9.87. The largest absolute Gasteiger partial charge is 0.487 e. The van der Waals surface area contributed by atoms with Gasteiger partial charge in [-0.3, -0.25) is 9.48 Å². The fourth-order valence-corrected chi connectivity index (χ4v) is 4.09. The molecule has 4 rings (SSSR count). The maximum atomic E-state index is 13.1. The van der Waals surface area contributed by atoms with Gasteiger partial charge in [-0.15, -0.1) is 0 Å². The van der Waals surface area contributed by atoms with E-state index in [9.17, 15) is 18.7 Å². The number of carboxylic acid groups (broad SMARTS) is 1. The normalized spacial score (nSPS) is 17.9. The Balaban J connectivity index is 1.44. The van der Waals surface area contributed by atoms with Gasteiger partial charge in [-0.25, -0.2) is 23.7 Å². The molecule has 2 atom stereocenters. The number of anilines is 1. The van der Waals surface area contributed by atoms with Crippen LogP contribution >= 0.6 is 0 Å². The van der Waals surface area contributed by atoms with Crippen molar-refractivity contribution in [1.82, 2.24) is 29.7 Å². The highest BCUT2D eigenvalue weighted by Crippen LogP contribution is 2.30. The standard InChI is InChI=1S/C24H29F2N7O4/c1-14-19(37-16-6-4-5-15(9-16)22(34)35)12-28-21(31-14)17-10-30-33(3)18(17)11-29-23-27-8-7-20(32-23)36-13-24(2,25)26/h7-8,10,12,15-16H,4-6,9,11,13H2,1-3H3,(H,34,35)(H,27,29,32)/t15-,16-/m0/s1. The van der Waals surface area contributed by atoms with Crippen LogP contribution in [0.5, 0.6) is 11.6 Å². The van der Waals surface area contributed by atoms with Crippen LogP contribution in [0.4, 0.5) is 14.7 Å². The van der Waals surface area contributed by atoms with Crippen LogP contribution in [0.25, 0.3) is 11.4 Å². The smallest absolute Gasteiger partial charge is 0.306 e. The number of ether oxygens (including phenoxy) is 2. The van der Waals surface area contributed by atoms with Crippen LogP contribution in [0.2, 0.25) is 0 Å². The van der Waals surface area contributed by atoms with Crippen molar-refractivity contribution >= 4 is 11.9 Å². The second-order valence-electron chi connectivity index (χ2n) is 9.14. The molecule has 0 radical (unpaired) electrons. The molecule has 1 aliphatic carbocycles. The summed E-state index contributed by atoms with van der Waals surface area (Å²) < 4.78 is 38.9. The number of halogens is 2. The van der Waals surface area contributed by atoms with Gasteiger partial charge in [-0.05, 0) is 32.6 Å². The predicted molar refractivity (Wildman–Crippen MR) is 128 cm³/mol. The van der Waals surface area contributed by atoms with E-state index in [4.69, 9.17) is 9.47 Å². The highest BCUT2D eigenvalue weighted by atomic mass is 19.3. The van der Waals surface area contributed by atoms with Crippen molar-refractivity contribution in [3.63, 3.8) is 0 Å². The van der Waals surface area contributed by atoms with Crippen LogP contribution in [-0.4, -0.2) is 59.4 Å². The topological polar surface area (TPSA) is 137 Å². The van der Waals surface area contributed by atoms with Crippen LogP contribution in [0.1, 0.15) is 44.0 Å². The molecule has 198 valence electrons. The highest BCUT2D eigenvalue weighted by Gasteiger charge is 2.29. The zero-order valence-corrected chi connectivity index (χ0v) is 20.8. The van der Waals surface area contributed by atoms with Crippen LogP contribution < -0.4 is 14.8 Å². The third-order valence-corrected chi connectivity index (χ3v) is 6.02. The Bertz CT molecular complexity index is 1250. The molecular weight excluding hydrogens is 488 g/mol. The van der Waals surface area contributed by atoms with Crippen molar-refractivity contribution in [2.45, 2.75) is 58.1 Å². The molecule has 1 fully saturated rings. The van der Waals surface area contributed by atoms with E-state index < -0.39 is 24.4 Å². The number of alkyl halides is 2. The number of rotatable bonds is 10. The summed E-state index contributed by atoms with van der Waals surface area (Å²) in [5.41, 5.74) is 2.07. The first-order valence-corrected chi connectivity index (χ1v) is 11.9. The Hall–Kier alpha value is -3.90. The fraction of sp³-hybridized carbons (Fsp3) is 0.500. The van der Waals surface area contributed by atoms with Gasteiger partial charge in [0.2, 0.25) is 11.8 Å². The zero-order chi connectivity index (χ0) is 26.6. The molecule has 1 saturated carbocycles. The molecule has 0 spiro atoms. The summed E-state index contributed by atoms with van der Waals surface area (Å²) in [5, 5.41) is 16.7. The van der Waals surface area contributed by atoms with Gasteiger partial charge in [0.25, 0.3) is 5.92 Å². The van der Waals surface area contributed by atoms with E-state index in [0.717, 1.165) is 25.5 Å².